The number of pyridine rings is 1. The van der Waals surface area contributed by atoms with E-state index in [0.29, 0.717) is 23.1 Å². The van der Waals surface area contributed by atoms with Crippen molar-refractivity contribution in [2.45, 2.75) is 0 Å². The number of ether oxygens (including phenoxy) is 2. The van der Waals surface area contributed by atoms with Crippen molar-refractivity contribution in [2.24, 2.45) is 0 Å². The summed E-state index contributed by atoms with van der Waals surface area (Å²) < 4.78 is 37.0. The monoisotopic (exact) mass is 356 g/mol. The van der Waals surface area contributed by atoms with Gasteiger partial charge in [-0.3, -0.25) is 4.79 Å². The number of hydrogen-bond acceptors (Lipinski definition) is 4. The van der Waals surface area contributed by atoms with Crippen LogP contribution < -0.4 is 14.8 Å². The molecule has 0 saturated carbocycles. The van der Waals surface area contributed by atoms with E-state index in [2.05, 4.69) is 10.3 Å². The van der Waals surface area contributed by atoms with E-state index in [1.807, 2.05) is 6.07 Å². The molecular formula is C19H14F2N2O3. The number of benzene rings is 2. The molecule has 0 aliphatic rings. The lowest BCUT2D eigenvalue weighted by Gasteiger charge is -2.10. The molecule has 0 radical (unpaired) electrons. The molecule has 3 aromatic rings. The van der Waals surface area contributed by atoms with E-state index in [4.69, 9.17) is 9.47 Å². The van der Waals surface area contributed by atoms with E-state index in [9.17, 15) is 13.6 Å². The lowest BCUT2D eigenvalue weighted by molar-refractivity contribution is 0.102. The Morgan fingerprint density at radius 3 is 2.42 bits per heavy atom. The van der Waals surface area contributed by atoms with Gasteiger partial charge in [-0.15, -0.1) is 0 Å². The second-order valence-corrected chi connectivity index (χ2v) is 5.22. The van der Waals surface area contributed by atoms with Crippen LogP contribution in [0.1, 0.15) is 10.4 Å². The first kappa shape index (κ1) is 17.3. The highest BCUT2D eigenvalue weighted by Gasteiger charge is 2.11. The van der Waals surface area contributed by atoms with Crippen molar-refractivity contribution in [3.63, 3.8) is 0 Å². The van der Waals surface area contributed by atoms with Crippen LogP contribution >= 0.6 is 0 Å². The van der Waals surface area contributed by atoms with Gasteiger partial charge in [0, 0.05) is 11.6 Å². The normalized spacial score (nSPS) is 10.3. The summed E-state index contributed by atoms with van der Waals surface area (Å²) in [7, 11) is 1.53. The van der Waals surface area contributed by atoms with E-state index in [1.165, 1.54) is 19.4 Å². The van der Waals surface area contributed by atoms with Crippen LogP contribution in [0.4, 0.5) is 14.5 Å². The molecular weight excluding hydrogens is 342 g/mol. The van der Waals surface area contributed by atoms with E-state index < -0.39 is 17.5 Å². The summed E-state index contributed by atoms with van der Waals surface area (Å²) in [4.78, 5) is 16.2. The largest absolute Gasteiger partial charge is 0.493 e. The van der Waals surface area contributed by atoms with Gasteiger partial charge in [0.25, 0.3) is 5.91 Å². The first-order valence-electron chi connectivity index (χ1n) is 7.60. The number of methoxy groups -OCH3 is 1. The molecule has 1 aromatic heterocycles. The number of nitrogens with one attached hydrogen (secondary N) is 1. The Kier molecular flexibility index (Phi) is 5.07. The van der Waals surface area contributed by atoms with Gasteiger partial charge >= 0.3 is 0 Å². The minimum absolute atomic E-state index is 0.00162. The number of para-hydroxylation sites is 2. The zero-order chi connectivity index (χ0) is 18.5. The van der Waals surface area contributed by atoms with Crippen molar-refractivity contribution in [1.29, 1.82) is 0 Å². The zero-order valence-electron chi connectivity index (χ0n) is 13.7. The average molecular weight is 356 g/mol. The number of anilines is 1. The van der Waals surface area contributed by atoms with Crippen molar-refractivity contribution in [1.82, 2.24) is 4.98 Å². The highest BCUT2D eigenvalue weighted by molar-refractivity contribution is 6.04. The summed E-state index contributed by atoms with van der Waals surface area (Å²) in [6.07, 6.45) is 1.39. The molecule has 0 atom stereocenters. The van der Waals surface area contributed by atoms with E-state index in [-0.39, 0.29) is 5.56 Å². The standard InChI is InChI=1S/C19H14F2N2O3/c1-25-16-4-2-3-5-17(16)26-18-9-7-13(11-22-18)23-19(24)12-6-8-14(20)15(21)10-12/h2-11H,1H3,(H,23,24). The highest BCUT2D eigenvalue weighted by Crippen LogP contribution is 2.30. The maximum Gasteiger partial charge on any atom is 0.255 e. The summed E-state index contributed by atoms with van der Waals surface area (Å²) >= 11 is 0. The van der Waals surface area contributed by atoms with Crippen LogP contribution in [0, 0.1) is 11.6 Å². The summed E-state index contributed by atoms with van der Waals surface area (Å²) in [5.74, 6) is -1.31. The van der Waals surface area contributed by atoms with Crippen molar-refractivity contribution in [3.05, 3.63) is 78.0 Å². The van der Waals surface area contributed by atoms with Gasteiger partial charge in [-0.2, -0.15) is 0 Å². The maximum atomic E-state index is 13.2. The quantitative estimate of drug-likeness (QED) is 0.735. The van der Waals surface area contributed by atoms with Gasteiger partial charge in [0.15, 0.2) is 23.1 Å². The molecule has 3 rings (SSSR count). The molecule has 7 heteroatoms. The van der Waals surface area contributed by atoms with Crippen LogP contribution in [-0.2, 0) is 0 Å². The van der Waals surface area contributed by atoms with E-state index >= 15 is 0 Å². The molecule has 0 unspecified atom stereocenters. The number of carbonyl (C=O) groups excluding carboxylic acids is 1. The second-order valence-electron chi connectivity index (χ2n) is 5.22. The van der Waals surface area contributed by atoms with Gasteiger partial charge in [0.2, 0.25) is 5.88 Å². The molecule has 0 fully saturated rings. The third kappa shape index (κ3) is 3.94. The molecule has 0 spiro atoms. The Hall–Kier alpha value is -3.48. The Bertz CT molecular complexity index is 930. The predicted molar refractivity (Wildman–Crippen MR) is 91.6 cm³/mol. The third-order valence-corrected chi connectivity index (χ3v) is 3.46. The maximum absolute atomic E-state index is 13.2. The summed E-state index contributed by atoms with van der Waals surface area (Å²) in [5.41, 5.74) is 0.380. The van der Waals surface area contributed by atoms with Crippen LogP contribution in [0.2, 0.25) is 0 Å². The number of nitrogens with zero attached hydrogens (tertiary/aromatic N) is 1. The Balaban J connectivity index is 1.69. The minimum Gasteiger partial charge on any atom is -0.493 e. The van der Waals surface area contributed by atoms with Gasteiger partial charge in [-0.1, -0.05) is 12.1 Å². The smallest absolute Gasteiger partial charge is 0.255 e. The average Bonchev–Trinajstić information content (AvgIpc) is 2.66. The minimum atomic E-state index is -1.09. The fourth-order valence-electron chi connectivity index (χ4n) is 2.17. The molecule has 26 heavy (non-hydrogen) atoms. The van der Waals surface area contributed by atoms with Gasteiger partial charge in [0.05, 0.1) is 19.0 Å². The summed E-state index contributed by atoms with van der Waals surface area (Å²) in [6, 6.07) is 13.2. The Morgan fingerprint density at radius 2 is 1.77 bits per heavy atom. The molecule has 5 nitrogen and oxygen atoms in total. The molecule has 0 bridgehead atoms. The van der Waals surface area contributed by atoms with E-state index in [1.54, 1.807) is 30.3 Å². The van der Waals surface area contributed by atoms with E-state index in [0.717, 1.165) is 12.1 Å². The number of halogens is 2. The molecule has 2 aromatic carbocycles. The molecule has 1 amide bonds. The highest BCUT2D eigenvalue weighted by atomic mass is 19.2. The lowest BCUT2D eigenvalue weighted by atomic mass is 10.2. The molecule has 1 N–H and O–H groups in total. The first-order chi connectivity index (χ1) is 12.6. The van der Waals surface area contributed by atoms with Crippen molar-refractivity contribution < 1.29 is 23.0 Å². The lowest BCUT2D eigenvalue weighted by Crippen LogP contribution is -2.12. The Labute approximate surface area is 148 Å². The third-order valence-electron chi connectivity index (χ3n) is 3.46. The number of rotatable bonds is 5. The zero-order valence-corrected chi connectivity index (χ0v) is 13.7. The fourth-order valence-corrected chi connectivity index (χ4v) is 2.17. The second kappa shape index (κ2) is 7.60. The van der Waals surface area contributed by atoms with Gasteiger partial charge in [0.1, 0.15) is 0 Å². The number of amides is 1. The van der Waals surface area contributed by atoms with Crippen LogP contribution in [0.25, 0.3) is 0 Å². The van der Waals surface area contributed by atoms with Crippen molar-refractivity contribution in [3.8, 4) is 17.4 Å². The Morgan fingerprint density at radius 1 is 1.00 bits per heavy atom. The van der Waals surface area contributed by atoms with Crippen LogP contribution in [0.15, 0.2) is 60.8 Å². The molecule has 132 valence electrons. The first-order valence-corrected chi connectivity index (χ1v) is 7.60. The summed E-state index contributed by atoms with van der Waals surface area (Å²) in [6.45, 7) is 0. The van der Waals surface area contributed by atoms with Crippen molar-refractivity contribution in [2.75, 3.05) is 12.4 Å². The number of hydrogen-bond donors (Lipinski definition) is 1. The topological polar surface area (TPSA) is 60.5 Å². The molecule has 0 saturated heterocycles. The SMILES string of the molecule is COc1ccccc1Oc1ccc(NC(=O)c2ccc(F)c(F)c2)cn1. The van der Waals surface area contributed by atoms with Gasteiger partial charge in [-0.25, -0.2) is 13.8 Å². The van der Waals surface area contributed by atoms with Crippen LogP contribution in [-0.4, -0.2) is 18.0 Å². The number of aromatic nitrogens is 1. The number of carbonyl (C=O) groups is 1. The molecule has 0 aliphatic carbocycles. The van der Waals surface area contributed by atoms with Gasteiger partial charge in [-0.05, 0) is 36.4 Å². The molecule has 0 aliphatic heterocycles. The summed E-state index contributed by atoms with van der Waals surface area (Å²) in [5, 5.41) is 2.55. The van der Waals surface area contributed by atoms with Gasteiger partial charge < -0.3 is 14.8 Å². The predicted octanol–water partition coefficient (Wildman–Crippen LogP) is 4.41. The van der Waals surface area contributed by atoms with Crippen molar-refractivity contribution >= 4 is 11.6 Å². The van der Waals surface area contributed by atoms with Crippen LogP contribution in [0.3, 0.4) is 0 Å². The fraction of sp³-hybridized carbons (Fsp3) is 0.0526. The van der Waals surface area contributed by atoms with Crippen LogP contribution in [0.5, 0.6) is 17.4 Å². The molecule has 1 heterocycles.